The Hall–Kier alpha value is -2.77. The Kier molecular flexibility index (Phi) is 3.78. The Morgan fingerprint density at radius 3 is 2.54 bits per heavy atom. The maximum atomic E-state index is 13.7. The zero-order valence-corrected chi connectivity index (χ0v) is 14.2. The minimum atomic E-state index is -4.50. The second-order valence-corrected chi connectivity index (χ2v) is 6.01. The Balaban J connectivity index is 1.96. The molecule has 26 heavy (non-hydrogen) atoms. The largest absolute Gasteiger partial charge is 0.486 e. The summed E-state index contributed by atoms with van der Waals surface area (Å²) < 4.78 is 53.5. The molecule has 0 radical (unpaired) electrons. The van der Waals surface area contributed by atoms with Crippen molar-refractivity contribution in [1.29, 1.82) is 0 Å². The SMILES string of the molecule is CCn1nc(C)c2c(C(F)(F)F)cc(-c3ccc4c(c3)OCCO4)nc21. The smallest absolute Gasteiger partial charge is 0.417 e. The molecule has 0 unspecified atom stereocenters. The van der Waals surface area contributed by atoms with Crippen LogP contribution in [0.1, 0.15) is 18.2 Å². The molecule has 0 bridgehead atoms. The molecule has 136 valence electrons. The number of fused-ring (bicyclic) bond motifs is 2. The van der Waals surface area contributed by atoms with Crippen molar-refractivity contribution in [1.82, 2.24) is 14.8 Å². The second-order valence-electron chi connectivity index (χ2n) is 6.01. The van der Waals surface area contributed by atoms with E-state index in [4.69, 9.17) is 9.47 Å². The predicted molar refractivity (Wildman–Crippen MR) is 89.4 cm³/mol. The predicted octanol–water partition coefficient (Wildman–Crippen LogP) is 4.22. The van der Waals surface area contributed by atoms with Crippen LogP contribution in [0.25, 0.3) is 22.3 Å². The monoisotopic (exact) mass is 363 g/mol. The number of benzene rings is 1. The fourth-order valence-electron chi connectivity index (χ4n) is 3.15. The summed E-state index contributed by atoms with van der Waals surface area (Å²) in [5.74, 6) is 1.08. The van der Waals surface area contributed by atoms with Gasteiger partial charge >= 0.3 is 6.18 Å². The molecule has 4 rings (SSSR count). The fraction of sp³-hybridized carbons (Fsp3) is 0.333. The lowest BCUT2D eigenvalue weighted by molar-refractivity contribution is -0.136. The third-order valence-corrected chi connectivity index (χ3v) is 4.32. The van der Waals surface area contributed by atoms with Crippen LogP contribution in [0.4, 0.5) is 13.2 Å². The average molecular weight is 363 g/mol. The molecular weight excluding hydrogens is 347 g/mol. The molecule has 0 aliphatic carbocycles. The number of pyridine rings is 1. The van der Waals surface area contributed by atoms with Crippen molar-refractivity contribution in [3.05, 3.63) is 35.5 Å². The van der Waals surface area contributed by atoms with Crippen LogP contribution >= 0.6 is 0 Å². The molecular formula is C18H16F3N3O2. The van der Waals surface area contributed by atoms with Crippen molar-refractivity contribution in [2.75, 3.05) is 13.2 Å². The molecule has 3 heterocycles. The quantitative estimate of drug-likeness (QED) is 0.684. The number of hydrogen-bond donors (Lipinski definition) is 0. The van der Waals surface area contributed by atoms with Gasteiger partial charge in [-0.3, -0.25) is 0 Å². The number of nitrogens with zero attached hydrogens (tertiary/aromatic N) is 3. The molecule has 0 saturated heterocycles. The molecule has 8 heteroatoms. The standard InChI is InChI=1S/C18H16F3N3O2/c1-3-24-17-16(10(2)23-24)12(18(19,20)21)9-13(22-17)11-4-5-14-15(8-11)26-7-6-25-14/h4-5,8-9H,3,6-7H2,1-2H3. The van der Waals surface area contributed by atoms with Crippen LogP contribution in [-0.4, -0.2) is 28.0 Å². The van der Waals surface area contributed by atoms with Crippen molar-refractivity contribution in [2.45, 2.75) is 26.6 Å². The number of alkyl halides is 3. The van der Waals surface area contributed by atoms with Gasteiger partial charge in [0.1, 0.15) is 13.2 Å². The van der Waals surface area contributed by atoms with E-state index in [9.17, 15) is 13.2 Å². The van der Waals surface area contributed by atoms with Crippen LogP contribution in [0.5, 0.6) is 11.5 Å². The zero-order valence-electron chi connectivity index (χ0n) is 14.2. The van der Waals surface area contributed by atoms with E-state index < -0.39 is 11.7 Å². The molecule has 1 aliphatic heterocycles. The molecule has 2 aromatic heterocycles. The summed E-state index contributed by atoms with van der Waals surface area (Å²) in [5, 5.41) is 4.24. The maximum Gasteiger partial charge on any atom is 0.417 e. The first kappa shape index (κ1) is 16.7. The first-order valence-corrected chi connectivity index (χ1v) is 8.24. The molecule has 0 fully saturated rings. The van der Waals surface area contributed by atoms with Gasteiger partial charge in [0.25, 0.3) is 0 Å². The third kappa shape index (κ3) is 2.65. The molecule has 0 atom stereocenters. The van der Waals surface area contributed by atoms with Crippen molar-refractivity contribution >= 4 is 11.0 Å². The molecule has 5 nitrogen and oxygen atoms in total. The van der Waals surface area contributed by atoms with Crippen LogP contribution in [0.3, 0.4) is 0 Å². The van der Waals surface area contributed by atoms with Gasteiger partial charge in [-0.05, 0) is 38.1 Å². The van der Waals surface area contributed by atoms with Crippen LogP contribution < -0.4 is 9.47 Å². The minimum Gasteiger partial charge on any atom is -0.486 e. The van der Waals surface area contributed by atoms with E-state index >= 15 is 0 Å². The lowest BCUT2D eigenvalue weighted by atomic mass is 10.0. The third-order valence-electron chi connectivity index (χ3n) is 4.32. The second kappa shape index (κ2) is 5.89. The van der Waals surface area contributed by atoms with Gasteiger partial charge in [0, 0.05) is 12.1 Å². The van der Waals surface area contributed by atoms with E-state index in [0.29, 0.717) is 42.5 Å². The summed E-state index contributed by atoms with van der Waals surface area (Å²) in [5.41, 5.74) is 0.559. The van der Waals surface area contributed by atoms with Crippen molar-refractivity contribution in [3.63, 3.8) is 0 Å². The molecule has 0 amide bonds. The van der Waals surface area contributed by atoms with Crippen LogP contribution in [0, 0.1) is 6.92 Å². The van der Waals surface area contributed by atoms with Gasteiger partial charge < -0.3 is 9.47 Å². The fourth-order valence-corrected chi connectivity index (χ4v) is 3.15. The van der Waals surface area contributed by atoms with E-state index in [1.807, 2.05) is 6.92 Å². The van der Waals surface area contributed by atoms with Crippen LogP contribution in [-0.2, 0) is 12.7 Å². The summed E-state index contributed by atoms with van der Waals surface area (Å²) in [6.45, 7) is 4.66. The highest BCUT2D eigenvalue weighted by atomic mass is 19.4. The van der Waals surface area contributed by atoms with Gasteiger partial charge in [0.2, 0.25) is 0 Å². The topological polar surface area (TPSA) is 49.2 Å². The molecule has 1 aromatic carbocycles. The Bertz CT molecular complexity index is 995. The highest BCUT2D eigenvalue weighted by Crippen LogP contribution is 2.40. The van der Waals surface area contributed by atoms with Gasteiger partial charge in [-0.2, -0.15) is 18.3 Å². The van der Waals surface area contributed by atoms with Crippen molar-refractivity contribution in [2.24, 2.45) is 0 Å². The number of ether oxygens (including phenoxy) is 2. The zero-order chi connectivity index (χ0) is 18.5. The normalized spacial score (nSPS) is 14.0. The molecule has 1 aliphatic rings. The summed E-state index contributed by atoms with van der Waals surface area (Å²) in [7, 11) is 0. The highest BCUT2D eigenvalue weighted by Gasteiger charge is 2.35. The van der Waals surface area contributed by atoms with Gasteiger partial charge in [-0.1, -0.05) is 0 Å². The summed E-state index contributed by atoms with van der Waals surface area (Å²) in [6, 6.07) is 6.09. The summed E-state index contributed by atoms with van der Waals surface area (Å²) in [4.78, 5) is 4.46. The molecule has 3 aromatic rings. The summed E-state index contributed by atoms with van der Waals surface area (Å²) in [6.07, 6.45) is -4.50. The van der Waals surface area contributed by atoms with Crippen molar-refractivity contribution in [3.8, 4) is 22.8 Å². The molecule has 0 spiro atoms. The van der Waals surface area contributed by atoms with E-state index in [1.165, 1.54) is 4.68 Å². The lowest BCUT2D eigenvalue weighted by Gasteiger charge is -2.19. The number of aryl methyl sites for hydroxylation is 2. The number of hydrogen-bond acceptors (Lipinski definition) is 4. The Labute approximate surface area is 147 Å². The van der Waals surface area contributed by atoms with Crippen LogP contribution in [0.2, 0.25) is 0 Å². The number of rotatable bonds is 2. The van der Waals surface area contributed by atoms with E-state index in [0.717, 1.165) is 6.07 Å². The Morgan fingerprint density at radius 1 is 1.12 bits per heavy atom. The number of halogens is 3. The van der Waals surface area contributed by atoms with Gasteiger partial charge in [0.05, 0.1) is 22.3 Å². The lowest BCUT2D eigenvalue weighted by Crippen LogP contribution is -2.15. The molecule has 0 saturated carbocycles. The van der Waals surface area contributed by atoms with Gasteiger partial charge in [-0.15, -0.1) is 0 Å². The van der Waals surface area contributed by atoms with E-state index in [-0.39, 0.29) is 16.7 Å². The minimum absolute atomic E-state index is 0.0423. The number of aromatic nitrogens is 3. The van der Waals surface area contributed by atoms with E-state index in [2.05, 4.69) is 10.1 Å². The highest BCUT2D eigenvalue weighted by molar-refractivity contribution is 5.86. The van der Waals surface area contributed by atoms with Gasteiger partial charge in [0.15, 0.2) is 17.1 Å². The van der Waals surface area contributed by atoms with Crippen LogP contribution in [0.15, 0.2) is 24.3 Å². The molecule has 0 N–H and O–H groups in total. The maximum absolute atomic E-state index is 13.7. The van der Waals surface area contributed by atoms with Gasteiger partial charge in [-0.25, -0.2) is 9.67 Å². The summed E-state index contributed by atoms with van der Waals surface area (Å²) >= 11 is 0. The average Bonchev–Trinajstić information content (AvgIpc) is 2.95. The first-order valence-electron chi connectivity index (χ1n) is 8.24. The first-order chi connectivity index (χ1) is 12.4. The Morgan fingerprint density at radius 2 is 1.85 bits per heavy atom. The van der Waals surface area contributed by atoms with E-state index in [1.54, 1.807) is 25.1 Å². The van der Waals surface area contributed by atoms with Crippen molar-refractivity contribution < 1.29 is 22.6 Å².